The molecule has 0 unspecified atom stereocenters. The minimum atomic E-state index is -4.36. The number of hydrogen-bond donors (Lipinski definition) is 1. The summed E-state index contributed by atoms with van der Waals surface area (Å²) in [7, 11) is 0. The normalized spacial score (nSPS) is 11.7. The highest BCUT2D eigenvalue weighted by molar-refractivity contribution is 7.20. The average Bonchev–Trinajstić information content (AvgIpc) is 3.31. The summed E-state index contributed by atoms with van der Waals surface area (Å²) in [6.07, 6.45) is 0.756. The Kier molecular flexibility index (Phi) is 5.59. The molecule has 0 bridgehead atoms. The fourth-order valence-electron chi connectivity index (χ4n) is 3.09. The van der Waals surface area contributed by atoms with Crippen molar-refractivity contribution in [2.75, 3.05) is 6.54 Å². The number of nitrogens with one attached hydrogen (secondary N) is 1. The maximum Gasteiger partial charge on any atom is 0.416 e. The fourth-order valence-corrected chi connectivity index (χ4v) is 4.06. The monoisotopic (exact) mass is 429 g/mol. The van der Waals surface area contributed by atoms with Crippen molar-refractivity contribution < 1.29 is 18.0 Å². The molecule has 0 atom stereocenters. The first-order valence-electron chi connectivity index (χ1n) is 9.38. The van der Waals surface area contributed by atoms with Gasteiger partial charge in [0.15, 0.2) is 4.96 Å². The first kappa shape index (κ1) is 20.2. The van der Waals surface area contributed by atoms with Gasteiger partial charge in [-0.15, -0.1) is 0 Å². The van der Waals surface area contributed by atoms with Gasteiger partial charge in [-0.3, -0.25) is 9.20 Å². The lowest BCUT2D eigenvalue weighted by molar-refractivity contribution is -0.137. The number of amides is 1. The Morgan fingerprint density at radius 1 is 1.03 bits per heavy atom. The zero-order chi connectivity index (χ0) is 21.1. The van der Waals surface area contributed by atoms with Gasteiger partial charge in [0, 0.05) is 18.9 Å². The Bertz CT molecular complexity index is 1120. The van der Waals surface area contributed by atoms with Gasteiger partial charge in [0.2, 0.25) is 0 Å². The van der Waals surface area contributed by atoms with Gasteiger partial charge in [0.05, 0.1) is 10.4 Å². The van der Waals surface area contributed by atoms with E-state index in [0.29, 0.717) is 22.8 Å². The lowest BCUT2D eigenvalue weighted by Gasteiger charge is -2.06. The van der Waals surface area contributed by atoms with Crippen LogP contribution in [-0.4, -0.2) is 21.8 Å². The summed E-state index contributed by atoms with van der Waals surface area (Å²) in [5.74, 6) is -0.241. The number of carbonyl (C=O) groups is 1. The largest absolute Gasteiger partial charge is 0.416 e. The molecular weight excluding hydrogens is 411 g/mol. The molecular formula is C22H18F3N3OS. The first-order valence-corrected chi connectivity index (χ1v) is 10.2. The summed E-state index contributed by atoms with van der Waals surface area (Å²) < 4.78 is 39.8. The SMILES string of the molecule is O=C(NCCCc1ccccc1)c1cn2cc(-c3ccc(C(F)(F)F)cc3)sc2n1. The standard InChI is InChI=1S/C22H18F3N3OS/c23-22(24,25)17-10-8-16(9-11-17)19-14-28-13-18(27-21(28)30-19)20(29)26-12-4-7-15-5-2-1-3-6-15/h1-3,5-6,8-11,13-14H,4,7,12H2,(H,26,29). The molecule has 4 nitrogen and oxygen atoms in total. The molecule has 0 saturated carbocycles. The van der Waals surface area contributed by atoms with E-state index >= 15 is 0 Å². The van der Waals surface area contributed by atoms with Gasteiger partial charge in [-0.2, -0.15) is 13.2 Å². The van der Waals surface area contributed by atoms with E-state index in [-0.39, 0.29) is 5.91 Å². The Labute approximate surface area is 175 Å². The molecule has 0 spiro atoms. The summed E-state index contributed by atoms with van der Waals surface area (Å²) in [5, 5.41) is 2.87. The van der Waals surface area contributed by atoms with Gasteiger partial charge in [-0.05, 0) is 36.1 Å². The number of rotatable bonds is 6. The summed E-state index contributed by atoms with van der Waals surface area (Å²) in [5.41, 5.74) is 1.54. The molecule has 154 valence electrons. The van der Waals surface area contributed by atoms with Crippen LogP contribution in [0, 0.1) is 0 Å². The number of aromatic nitrogens is 2. The molecule has 2 aromatic carbocycles. The molecule has 0 saturated heterocycles. The zero-order valence-electron chi connectivity index (χ0n) is 15.8. The number of nitrogens with zero attached hydrogens (tertiary/aromatic N) is 2. The van der Waals surface area contributed by atoms with Crippen LogP contribution in [0.25, 0.3) is 15.4 Å². The average molecular weight is 429 g/mol. The molecule has 0 aliphatic heterocycles. The van der Waals surface area contributed by atoms with Gasteiger partial charge in [-0.25, -0.2) is 4.98 Å². The van der Waals surface area contributed by atoms with Crippen LogP contribution in [0.2, 0.25) is 0 Å². The van der Waals surface area contributed by atoms with Gasteiger partial charge >= 0.3 is 6.18 Å². The predicted molar refractivity (Wildman–Crippen MR) is 111 cm³/mol. The maximum atomic E-state index is 12.7. The number of thiazole rings is 1. The molecule has 1 amide bonds. The topological polar surface area (TPSA) is 46.4 Å². The van der Waals surface area contributed by atoms with Crippen molar-refractivity contribution in [1.29, 1.82) is 0 Å². The van der Waals surface area contributed by atoms with Gasteiger partial charge in [0.25, 0.3) is 5.91 Å². The van der Waals surface area contributed by atoms with Crippen LogP contribution in [0.1, 0.15) is 28.0 Å². The van der Waals surface area contributed by atoms with Crippen molar-refractivity contribution in [3.8, 4) is 10.4 Å². The minimum Gasteiger partial charge on any atom is -0.351 e. The molecule has 8 heteroatoms. The third kappa shape index (κ3) is 4.54. The third-order valence-corrected chi connectivity index (χ3v) is 5.70. The Morgan fingerprint density at radius 2 is 1.77 bits per heavy atom. The van der Waals surface area contributed by atoms with E-state index in [1.54, 1.807) is 16.8 Å². The number of alkyl halides is 3. The van der Waals surface area contributed by atoms with E-state index in [1.165, 1.54) is 29.0 Å². The lowest BCUT2D eigenvalue weighted by Crippen LogP contribution is -2.25. The van der Waals surface area contributed by atoms with Crippen LogP contribution in [0.5, 0.6) is 0 Å². The molecule has 30 heavy (non-hydrogen) atoms. The fraction of sp³-hybridized carbons (Fsp3) is 0.182. The minimum absolute atomic E-state index is 0.241. The maximum absolute atomic E-state index is 12.7. The summed E-state index contributed by atoms with van der Waals surface area (Å²) in [4.78, 5) is 18.1. The van der Waals surface area contributed by atoms with Crippen LogP contribution in [0.15, 0.2) is 67.0 Å². The number of halogens is 3. The number of imidazole rings is 1. The highest BCUT2D eigenvalue weighted by atomic mass is 32.1. The van der Waals surface area contributed by atoms with Gasteiger partial charge < -0.3 is 5.32 Å². The third-order valence-electron chi connectivity index (χ3n) is 4.66. The zero-order valence-corrected chi connectivity index (χ0v) is 16.6. The van der Waals surface area contributed by atoms with E-state index in [0.717, 1.165) is 29.9 Å². The summed E-state index contributed by atoms with van der Waals surface area (Å²) >= 11 is 1.32. The van der Waals surface area contributed by atoms with Crippen LogP contribution < -0.4 is 5.32 Å². The second kappa shape index (κ2) is 8.31. The Hall–Kier alpha value is -3.13. The van der Waals surface area contributed by atoms with E-state index in [9.17, 15) is 18.0 Å². The first-order chi connectivity index (χ1) is 14.4. The lowest BCUT2D eigenvalue weighted by atomic mass is 10.1. The highest BCUT2D eigenvalue weighted by Gasteiger charge is 2.30. The molecule has 4 aromatic rings. The van der Waals surface area contributed by atoms with E-state index in [1.807, 2.05) is 18.2 Å². The number of benzene rings is 2. The van der Waals surface area contributed by atoms with E-state index in [4.69, 9.17) is 0 Å². The second-order valence-electron chi connectivity index (χ2n) is 6.83. The number of aryl methyl sites for hydroxylation is 1. The van der Waals surface area contributed by atoms with Crippen molar-refractivity contribution in [2.24, 2.45) is 0 Å². The highest BCUT2D eigenvalue weighted by Crippen LogP contribution is 2.33. The summed E-state index contributed by atoms with van der Waals surface area (Å²) in [6.45, 7) is 0.551. The van der Waals surface area contributed by atoms with E-state index in [2.05, 4.69) is 22.4 Å². The Balaban J connectivity index is 1.37. The number of fused-ring (bicyclic) bond motifs is 1. The van der Waals surface area contributed by atoms with Crippen LogP contribution >= 0.6 is 11.3 Å². The van der Waals surface area contributed by atoms with E-state index < -0.39 is 11.7 Å². The molecule has 0 fully saturated rings. The molecule has 0 aliphatic rings. The number of carbonyl (C=O) groups excluding carboxylic acids is 1. The number of hydrogen-bond acceptors (Lipinski definition) is 3. The quantitative estimate of drug-likeness (QED) is 0.415. The van der Waals surface area contributed by atoms with Crippen molar-refractivity contribution >= 4 is 22.2 Å². The van der Waals surface area contributed by atoms with Crippen molar-refractivity contribution in [3.05, 3.63) is 83.8 Å². The molecule has 2 aromatic heterocycles. The van der Waals surface area contributed by atoms with Gasteiger partial charge in [-0.1, -0.05) is 53.8 Å². The Morgan fingerprint density at radius 3 is 2.43 bits per heavy atom. The van der Waals surface area contributed by atoms with Crippen LogP contribution in [-0.2, 0) is 12.6 Å². The van der Waals surface area contributed by atoms with Crippen LogP contribution in [0.3, 0.4) is 0 Å². The second-order valence-corrected chi connectivity index (χ2v) is 7.84. The smallest absolute Gasteiger partial charge is 0.351 e. The van der Waals surface area contributed by atoms with Gasteiger partial charge in [0.1, 0.15) is 5.69 Å². The summed E-state index contributed by atoms with van der Waals surface area (Å²) in [6, 6.07) is 15.1. The molecule has 1 N–H and O–H groups in total. The van der Waals surface area contributed by atoms with Crippen molar-refractivity contribution in [2.45, 2.75) is 19.0 Å². The predicted octanol–water partition coefficient (Wildman–Crippen LogP) is 5.44. The van der Waals surface area contributed by atoms with Crippen LogP contribution in [0.4, 0.5) is 13.2 Å². The molecule has 4 rings (SSSR count). The molecule has 0 radical (unpaired) electrons. The molecule has 2 heterocycles. The van der Waals surface area contributed by atoms with Crippen molar-refractivity contribution in [3.63, 3.8) is 0 Å². The molecule has 0 aliphatic carbocycles. The van der Waals surface area contributed by atoms with Crippen molar-refractivity contribution in [1.82, 2.24) is 14.7 Å².